The minimum Gasteiger partial charge on any atom is -0.400 e. The molecule has 0 saturated heterocycles. The van der Waals surface area contributed by atoms with Gasteiger partial charge in [0.15, 0.2) is 11.6 Å². The predicted octanol–water partition coefficient (Wildman–Crippen LogP) is 2.31. The topological polar surface area (TPSA) is 39.9 Å². The molecule has 2 rings (SSSR count). The first kappa shape index (κ1) is 11.4. The highest BCUT2D eigenvalue weighted by atomic mass is 19.4. The van der Waals surface area contributed by atoms with E-state index in [1.807, 2.05) is 0 Å². The molecular weight excluding hydrogens is 242 g/mol. The van der Waals surface area contributed by atoms with Crippen LogP contribution in [0.5, 0.6) is 5.75 Å². The number of aromatic nitrogens is 3. The van der Waals surface area contributed by atoms with Crippen LogP contribution in [-0.2, 0) is 0 Å². The van der Waals surface area contributed by atoms with Crippen molar-refractivity contribution in [3.05, 3.63) is 36.4 Å². The van der Waals surface area contributed by atoms with Crippen molar-refractivity contribution in [1.82, 2.24) is 15.0 Å². The van der Waals surface area contributed by atoms with Crippen LogP contribution in [-0.4, -0.2) is 21.4 Å². The molecular formula is C9H5F4N3O. The third-order valence-corrected chi connectivity index (χ3v) is 1.80. The Kier molecular flexibility index (Phi) is 2.70. The summed E-state index contributed by atoms with van der Waals surface area (Å²) < 4.78 is 53.2. The Morgan fingerprint density at radius 3 is 2.35 bits per heavy atom. The summed E-state index contributed by atoms with van der Waals surface area (Å²) in [4.78, 5) is 0.837. The molecule has 0 aliphatic heterocycles. The van der Waals surface area contributed by atoms with Gasteiger partial charge in [0.1, 0.15) is 5.69 Å². The molecule has 0 bridgehead atoms. The number of alkyl halides is 3. The van der Waals surface area contributed by atoms with Gasteiger partial charge in [-0.25, -0.2) is 4.39 Å². The fraction of sp³-hybridized carbons (Fsp3) is 0.111. The molecule has 2 aromatic rings. The van der Waals surface area contributed by atoms with E-state index < -0.39 is 17.9 Å². The van der Waals surface area contributed by atoms with Crippen molar-refractivity contribution in [1.29, 1.82) is 0 Å². The highest BCUT2D eigenvalue weighted by Gasteiger charge is 2.34. The Morgan fingerprint density at radius 2 is 1.76 bits per heavy atom. The minimum absolute atomic E-state index is 0.229. The molecule has 1 aromatic heterocycles. The van der Waals surface area contributed by atoms with Gasteiger partial charge in [-0.1, -0.05) is 6.07 Å². The molecule has 0 aliphatic rings. The van der Waals surface area contributed by atoms with Gasteiger partial charge in [0.05, 0.1) is 12.4 Å². The van der Waals surface area contributed by atoms with Crippen LogP contribution in [0.15, 0.2) is 30.6 Å². The third-order valence-electron chi connectivity index (χ3n) is 1.80. The zero-order valence-electron chi connectivity index (χ0n) is 8.15. The second kappa shape index (κ2) is 4.04. The maximum absolute atomic E-state index is 13.3. The van der Waals surface area contributed by atoms with Gasteiger partial charge in [-0.2, -0.15) is 10.2 Å². The van der Waals surface area contributed by atoms with Gasteiger partial charge in [0, 0.05) is 0 Å². The van der Waals surface area contributed by atoms with Crippen molar-refractivity contribution in [2.75, 3.05) is 0 Å². The van der Waals surface area contributed by atoms with E-state index in [1.54, 1.807) is 0 Å². The lowest BCUT2D eigenvalue weighted by Gasteiger charge is -2.12. The van der Waals surface area contributed by atoms with Crippen LogP contribution in [0.25, 0.3) is 5.69 Å². The monoisotopic (exact) mass is 247 g/mol. The van der Waals surface area contributed by atoms with Gasteiger partial charge >= 0.3 is 6.36 Å². The van der Waals surface area contributed by atoms with Gasteiger partial charge in [0.25, 0.3) is 0 Å². The summed E-state index contributed by atoms with van der Waals surface area (Å²) >= 11 is 0. The van der Waals surface area contributed by atoms with Crippen LogP contribution in [0.2, 0.25) is 0 Å². The van der Waals surface area contributed by atoms with E-state index in [0.29, 0.717) is 0 Å². The van der Waals surface area contributed by atoms with Crippen molar-refractivity contribution < 1.29 is 22.3 Å². The van der Waals surface area contributed by atoms with Crippen LogP contribution in [0.1, 0.15) is 0 Å². The number of halogens is 4. The molecule has 0 spiro atoms. The molecule has 0 fully saturated rings. The standard InChI is InChI=1S/C9H5F4N3O/c10-6-2-1-3-7(16-14-4-5-15-16)8(6)17-9(11,12)13/h1-5H. The highest BCUT2D eigenvalue weighted by molar-refractivity contribution is 5.46. The van der Waals surface area contributed by atoms with E-state index in [2.05, 4.69) is 14.9 Å². The SMILES string of the molecule is Fc1cccc(-n2nccn2)c1OC(F)(F)F. The fourth-order valence-electron chi connectivity index (χ4n) is 1.21. The molecule has 90 valence electrons. The van der Waals surface area contributed by atoms with Crippen molar-refractivity contribution in [3.8, 4) is 11.4 Å². The smallest absolute Gasteiger partial charge is 0.400 e. The number of para-hydroxylation sites is 1. The average Bonchev–Trinajstić information content (AvgIpc) is 2.72. The number of benzene rings is 1. The summed E-state index contributed by atoms with van der Waals surface area (Å²) in [7, 11) is 0. The molecule has 1 aromatic carbocycles. The molecule has 0 radical (unpaired) electrons. The normalized spacial score (nSPS) is 11.5. The number of hydrogen-bond acceptors (Lipinski definition) is 3. The summed E-state index contributed by atoms with van der Waals surface area (Å²) in [5.74, 6) is -2.10. The van der Waals surface area contributed by atoms with Gasteiger partial charge in [0.2, 0.25) is 0 Å². The van der Waals surface area contributed by atoms with Crippen LogP contribution in [0.3, 0.4) is 0 Å². The zero-order chi connectivity index (χ0) is 12.5. The maximum atomic E-state index is 13.3. The van der Waals surface area contributed by atoms with Crippen molar-refractivity contribution in [2.24, 2.45) is 0 Å². The Labute approximate surface area is 92.4 Å². The van der Waals surface area contributed by atoms with E-state index in [4.69, 9.17) is 0 Å². The van der Waals surface area contributed by atoms with E-state index >= 15 is 0 Å². The number of hydrogen-bond donors (Lipinski definition) is 0. The molecule has 1 heterocycles. The Bertz CT molecular complexity index is 509. The maximum Gasteiger partial charge on any atom is 0.573 e. The minimum atomic E-state index is -4.98. The molecule has 4 nitrogen and oxygen atoms in total. The molecule has 0 aliphatic carbocycles. The Morgan fingerprint density at radius 1 is 1.12 bits per heavy atom. The van der Waals surface area contributed by atoms with Crippen molar-refractivity contribution >= 4 is 0 Å². The molecule has 0 atom stereocenters. The summed E-state index contributed by atoms with van der Waals surface area (Å²) in [6.07, 6.45) is -2.48. The fourth-order valence-corrected chi connectivity index (χ4v) is 1.21. The van der Waals surface area contributed by atoms with Crippen LogP contribution in [0, 0.1) is 5.82 Å². The van der Waals surface area contributed by atoms with Gasteiger partial charge < -0.3 is 4.74 Å². The number of rotatable bonds is 2. The molecule has 0 unspecified atom stereocenters. The molecule has 0 N–H and O–H groups in total. The van der Waals surface area contributed by atoms with Crippen molar-refractivity contribution in [3.63, 3.8) is 0 Å². The Balaban J connectivity index is 2.49. The van der Waals surface area contributed by atoms with Gasteiger partial charge in [-0.05, 0) is 12.1 Å². The molecule has 0 saturated carbocycles. The van der Waals surface area contributed by atoms with Crippen LogP contribution < -0.4 is 4.74 Å². The van der Waals surface area contributed by atoms with Gasteiger partial charge in [-0.3, -0.25) is 0 Å². The number of nitrogens with zero attached hydrogens (tertiary/aromatic N) is 3. The Hall–Kier alpha value is -2.12. The summed E-state index contributed by atoms with van der Waals surface area (Å²) in [5.41, 5.74) is -0.229. The highest BCUT2D eigenvalue weighted by Crippen LogP contribution is 2.30. The largest absolute Gasteiger partial charge is 0.573 e. The molecule has 8 heteroatoms. The lowest BCUT2D eigenvalue weighted by Crippen LogP contribution is -2.19. The van der Waals surface area contributed by atoms with Crippen LogP contribution >= 0.6 is 0 Å². The van der Waals surface area contributed by atoms with E-state index in [1.165, 1.54) is 24.5 Å². The first-order chi connectivity index (χ1) is 7.97. The van der Waals surface area contributed by atoms with Crippen molar-refractivity contribution in [2.45, 2.75) is 6.36 Å². The van der Waals surface area contributed by atoms with E-state index in [-0.39, 0.29) is 5.69 Å². The number of ether oxygens (including phenoxy) is 1. The quantitative estimate of drug-likeness (QED) is 0.764. The van der Waals surface area contributed by atoms with E-state index in [9.17, 15) is 17.6 Å². The molecule has 0 amide bonds. The first-order valence-electron chi connectivity index (χ1n) is 4.38. The lowest BCUT2D eigenvalue weighted by atomic mass is 10.3. The first-order valence-corrected chi connectivity index (χ1v) is 4.38. The zero-order valence-corrected chi connectivity index (χ0v) is 8.15. The second-order valence-electron chi connectivity index (χ2n) is 2.95. The van der Waals surface area contributed by atoms with E-state index in [0.717, 1.165) is 10.9 Å². The average molecular weight is 247 g/mol. The summed E-state index contributed by atoms with van der Waals surface area (Å²) in [6.45, 7) is 0. The molecule has 17 heavy (non-hydrogen) atoms. The third kappa shape index (κ3) is 2.52. The van der Waals surface area contributed by atoms with Crippen LogP contribution in [0.4, 0.5) is 17.6 Å². The second-order valence-corrected chi connectivity index (χ2v) is 2.95. The summed E-state index contributed by atoms with van der Waals surface area (Å²) in [5, 5.41) is 7.22. The summed E-state index contributed by atoms with van der Waals surface area (Å²) in [6, 6.07) is 3.30. The lowest BCUT2D eigenvalue weighted by molar-refractivity contribution is -0.275. The predicted molar refractivity (Wildman–Crippen MR) is 48.0 cm³/mol. The van der Waals surface area contributed by atoms with Gasteiger partial charge in [-0.15, -0.1) is 18.0 Å².